The number of fused-ring (bicyclic) bond motifs is 1. The summed E-state index contributed by atoms with van der Waals surface area (Å²) in [6.45, 7) is 1.79. The zero-order valence-electron chi connectivity index (χ0n) is 18.5. The Morgan fingerprint density at radius 2 is 1.77 bits per heavy atom. The third-order valence-corrected chi connectivity index (χ3v) is 7.24. The fourth-order valence-corrected chi connectivity index (χ4v) is 4.97. The number of sulfonamides is 1. The van der Waals surface area contributed by atoms with E-state index in [0.29, 0.717) is 5.02 Å². The number of benzene rings is 3. The van der Waals surface area contributed by atoms with E-state index in [9.17, 15) is 22.4 Å². The molecule has 0 fully saturated rings. The summed E-state index contributed by atoms with van der Waals surface area (Å²) in [4.78, 5) is 27.8. The number of hydrogen-bond donors (Lipinski definition) is 3. The maximum Gasteiger partial charge on any atom is 0.257 e. The third kappa shape index (κ3) is 5.43. The summed E-state index contributed by atoms with van der Waals surface area (Å²) in [5.41, 5.74) is 0.220. The van der Waals surface area contributed by atoms with Gasteiger partial charge in [-0.1, -0.05) is 54.1 Å². The molecule has 1 atom stereocenters. The summed E-state index contributed by atoms with van der Waals surface area (Å²) in [6.07, 6.45) is 1.11. The maximum absolute atomic E-state index is 14.8. The van der Waals surface area contributed by atoms with Crippen LogP contribution in [-0.2, 0) is 16.6 Å². The second-order valence-corrected chi connectivity index (χ2v) is 10.1. The lowest BCUT2D eigenvalue weighted by atomic mass is 10.1. The molecule has 0 spiro atoms. The van der Waals surface area contributed by atoms with Gasteiger partial charge >= 0.3 is 0 Å². The number of carbonyl (C=O) groups is 1. The van der Waals surface area contributed by atoms with Gasteiger partial charge in [-0.2, -0.15) is 0 Å². The minimum absolute atomic E-state index is 0.136. The molecule has 0 saturated heterocycles. The smallest absolute Gasteiger partial charge is 0.257 e. The molecule has 4 rings (SSSR count). The van der Waals surface area contributed by atoms with E-state index in [2.05, 4.69) is 15.0 Å². The molecule has 1 heterocycles. The van der Waals surface area contributed by atoms with Crippen LogP contribution in [-0.4, -0.2) is 19.3 Å². The van der Waals surface area contributed by atoms with Crippen molar-refractivity contribution in [2.24, 2.45) is 0 Å². The molecule has 0 bridgehead atoms. The van der Waals surface area contributed by atoms with Gasteiger partial charge in [-0.05, 0) is 42.3 Å². The Morgan fingerprint density at radius 3 is 2.46 bits per heavy atom. The third-order valence-electron chi connectivity index (χ3n) is 5.47. The number of pyridine rings is 1. The molecule has 35 heavy (non-hydrogen) atoms. The summed E-state index contributed by atoms with van der Waals surface area (Å²) in [5, 5.41) is 2.91. The Balaban J connectivity index is 1.63. The van der Waals surface area contributed by atoms with Gasteiger partial charge in [-0.15, -0.1) is 0 Å². The van der Waals surface area contributed by atoms with Crippen LogP contribution in [0.15, 0.2) is 82.6 Å². The molecule has 0 aliphatic rings. The highest BCUT2D eigenvalue weighted by atomic mass is 35.5. The number of H-pyrrole nitrogens is 1. The number of aromatic nitrogens is 1. The van der Waals surface area contributed by atoms with Crippen LogP contribution in [0.3, 0.4) is 0 Å². The molecule has 0 radical (unpaired) electrons. The van der Waals surface area contributed by atoms with Gasteiger partial charge in [0.25, 0.3) is 5.91 Å². The van der Waals surface area contributed by atoms with Crippen LogP contribution in [0.25, 0.3) is 10.9 Å². The maximum atomic E-state index is 14.8. The second-order valence-electron chi connectivity index (χ2n) is 7.92. The van der Waals surface area contributed by atoms with Crippen molar-refractivity contribution in [2.45, 2.75) is 24.4 Å². The first-order valence-corrected chi connectivity index (χ1v) is 12.5. The Bertz CT molecular complexity index is 1560. The van der Waals surface area contributed by atoms with Gasteiger partial charge in [0.1, 0.15) is 11.4 Å². The lowest BCUT2D eigenvalue weighted by Gasteiger charge is -2.15. The molecule has 1 unspecified atom stereocenters. The second kappa shape index (κ2) is 9.99. The highest BCUT2D eigenvalue weighted by Gasteiger charge is 2.22. The summed E-state index contributed by atoms with van der Waals surface area (Å²) < 4.78 is 43.2. The molecule has 0 aliphatic carbocycles. The van der Waals surface area contributed by atoms with Crippen LogP contribution in [0.1, 0.15) is 34.5 Å². The minimum atomic E-state index is -4.18. The monoisotopic (exact) mass is 513 g/mol. The van der Waals surface area contributed by atoms with E-state index in [1.54, 1.807) is 61.5 Å². The van der Waals surface area contributed by atoms with Crippen molar-refractivity contribution in [3.8, 4) is 0 Å². The van der Waals surface area contributed by atoms with E-state index in [4.69, 9.17) is 11.6 Å². The molecule has 180 valence electrons. The standard InChI is InChI=1S/C25H21ClFN3O4S/c1-15(17-5-3-2-4-6-17)30-35(33,34)19-11-20-23(22(27)12-19)28-14-21(24(20)31)25(32)29-13-16-7-9-18(26)10-8-16/h2-12,14-15,30H,13H2,1H3,(H,28,31)(H,29,32). The topological polar surface area (TPSA) is 108 Å². The summed E-state index contributed by atoms with van der Waals surface area (Å²) in [6, 6.07) is 17.0. The van der Waals surface area contributed by atoms with Crippen LogP contribution in [0, 0.1) is 5.82 Å². The van der Waals surface area contributed by atoms with Crippen LogP contribution < -0.4 is 15.5 Å². The van der Waals surface area contributed by atoms with E-state index in [-0.39, 0.29) is 23.0 Å². The summed E-state index contributed by atoms with van der Waals surface area (Å²) in [7, 11) is -4.18. The number of nitrogens with one attached hydrogen (secondary N) is 3. The van der Waals surface area contributed by atoms with Crippen molar-refractivity contribution in [3.63, 3.8) is 0 Å². The number of amides is 1. The fourth-order valence-electron chi connectivity index (χ4n) is 3.58. The first-order valence-electron chi connectivity index (χ1n) is 10.6. The van der Waals surface area contributed by atoms with Crippen molar-refractivity contribution in [1.29, 1.82) is 0 Å². The Labute approximate surface area is 206 Å². The van der Waals surface area contributed by atoms with Crippen molar-refractivity contribution in [1.82, 2.24) is 15.0 Å². The van der Waals surface area contributed by atoms with E-state index < -0.39 is 38.1 Å². The highest BCUT2D eigenvalue weighted by Crippen LogP contribution is 2.22. The van der Waals surface area contributed by atoms with E-state index in [1.807, 2.05) is 0 Å². The number of halogens is 2. The first-order chi connectivity index (χ1) is 16.7. The van der Waals surface area contributed by atoms with Crippen molar-refractivity contribution >= 4 is 38.4 Å². The van der Waals surface area contributed by atoms with Crippen LogP contribution in [0.4, 0.5) is 4.39 Å². The van der Waals surface area contributed by atoms with Gasteiger partial charge in [0.2, 0.25) is 15.5 Å². The Hall–Kier alpha value is -3.53. The highest BCUT2D eigenvalue weighted by molar-refractivity contribution is 7.89. The molecule has 0 saturated carbocycles. The fraction of sp³-hybridized carbons (Fsp3) is 0.120. The molecule has 4 aromatic rings. The van der Waals surface area contributed by atoms with Crippen molar-refractivity contribution in [2.75, 3.05) is 0 Å². The van der Waals surface area contributed by atoms with Gasteiger partial charge in [-0.3, -0.25) is 9.59 Å². The predicted octanol–water partition coefficient (Wildman–Crippen LogP) is 4.29. The zero-order valence-corrected chi connectivity index (χ0v) is 20.1. The molecular weight excluding hydrogens is 493 g/mol. The number of carbonyl (C=O) groups excluding carboxylic acids is 1. The van der Waals surface area contributed by atoms with Gasteiger partial charge in [0, 0.05) is 23.8 Å². The van der Waals surface area contributed by atoms with Crippen LogP contribution in [0.5, 0.6) is 0 Å². The number of hydrogen-bond acceptors (Lipinski definition) is 4. The van der Waals surface area contributed by atoms with E-state index in [0.717, 1.165) is 29.5 Å². The lowest BCUT2D eigenvalue weighted by Crippen LogP contribution is -2.29. The van der Waals surface area contributed by atoms with Crippen molar-refractivity contribution in [3.05, 3.63) is 111 Å². The number of rotatable bonds is 7. The van der Waals surface area contributed by atoms with E-state index >= 15 is 0 Å². The molecular formula is C25H21ClFN3O4S. The van der Waals surface area contributed by atoms with Gasteiger partial charge < -0.3 is 10.3 Å². The quantitative estimate of drug-likeness (QED) is 0.342. The average Bonchev–Trinajstić information content (AvgIpc) is 2.84. The van der Waals surface area contributed by atoms with Gasteiger partial charge in [-0.25, -0.2) is 17.5 Å². The van der Waals surface area contributed by atoms with Gasteiger partial charge in [0.05, 0.1) is 15.8 Å². The first kappa shape index (κ1) is 24.6. The van der Waals surface area contributed by atoms with E-state index in [1.165, 1.54) is 0 Å². The van der Waals surface area contributed by atoms with Crippen LogP contribution in [0.2, 0.25) is 5.02 Å². The average molecular weight is 514 g/mol. The summed E-state index contributed by atoms with van der Waals surface area (Å²) in [5.74, 6) is -1.62. The minimum Gasteiger partial charge on any atom is -0.358 e. The Kier molecular flexibility index (Phi) is 7.02. The molecule has 0 aliphatic heterocycles. The molecule has 1 aromatic heterocycles. The lowest BCUT2D eigenvalue weighted by molar-refractivity contribution is 0.0949. The molecule has 1 amide bonds. The predicted molar refractivity (Wildman–Crippen MR) is 132 cm³/mol. The molecule has 7 nitrogen and oxygen atoms in total. The zero-order chi connectivity index (χ0) is 25.2. The van der Waals surface area contributed by atoms with Gasteiger partial charge in [0.15, 0.2) is 0 Å². The largest absolute Gasteiger partial charge is 0.358 e. The summed E-state index contributed by atoms with van der Waals surface area (Å²) >= 11 is 5.85. The number of aromatic amines is 1. The SMILES string of the molecule is CC(NS(=O)(=O)c1cc(F)c2[nH]cc(C(=O)NCc3ccc(Cl)cc3)c(=O)c2c1)c1ccccc1. The molecule has 10 heteroatoms. The van der Waals surface area contributed by atoms with Crippen LogP contribution >= 0.6 is 11.6 Å². The molecule has 3 aromatic carbocycles. The molecule has 3 N–H and O–H groups in total. The normalized spacial score (nSPS) is 12.4. The Morgan fingerprint density at radius 1 is 1.09 bits per heavy atom. The van der Waals surface area contributed by atoms with Crippen molar-refractivity contribution < 1.29 is 17.6 Å².